The van der Waals surface area contributed by atoms with Crippen molar-refractivity contribution in [1.29, 1.82) is 0 Å². The van der Waals surface area contributed by atoms with Crippen molar-refractivity contribution in [3.63, 3.8) is 0 Å². The van der Waals surface area contributed by atoms with Crippen LogP contribution in [0, 0.1) is 0 Å². The van der Waals surface area contributed by atoms with Crippen molar-refractivity contribution in [2.75, 3.05) is 5.73 Å². The van der Waals surface area contributed by atoms with E-state index in [1.54, 1.807) is 21.3 Å². The fraction of sp³-hybridized carbons (Fsp3) is 0.136. The number of alkyl halides is 3. The van der Waals surface area contributed by atoms with Gasteiger partial charge in [-0.3, -0.25) is 9.13 Å². The molecule has 1 heterocycles. The molecule has 30 heavy (non-hydrogen) atoms. The molecule has 0 amide bonds. The van der Waals surface area contributed by atoms with Gasteiger partial charge in [-0.2, -0.15) is 0 Å². The van der Waals surface area contributed by atoms with E-state index in [1.165, 1.54) is 24.3 Å². The van der Waals surface area contributed by atoms with Gasteiger partial charge in [0.2, 0.25) is 0 Å². The molecule has 4 aromatic rings. The molecule has 154 valence electrons. The number of rotatable bonds is 5. The van der Waals surface area contributed by atoms with Gasteiger partial charge in [0.1, 0.15) is 5.75 Å². The molecule has 3 aromatic carbocycles. The summed E-state index contributed by atoms with van der Waals surface area (Å²) in [6.07, 6.45) is -4.74. The summed E-state index contributed by atoms with van der Waals surface area (Å²) in [4.78, 5) is 13.1. The summed E-state index contributed by atoms with van der Waals surface area (Å²) in [5, 5.41) is 0. The molecule has 2 N–H and O–H groups in total. The van der Waals surface area contributed by atoms with Gasteiger partial charge in [0.05, 0.1) is 24.1 Å². The first-order valence-electron chi connectivity index (χ1n) is 9.17. The number of nitrogens with two attached hydrogens (primary N) is 1. The fourth-order valence-electron chi connectivity index (χ4n) is 3.36. The largest absolute Gasteiger partial charge is 0.573 e. The average molecular weight is 413 g/mol. The summed E-state index contributed by atoms with van der Waals surface area (Å²) in [5.41, 5.74) is 9.31. The lowest BCUT2D eigenvalue weighted by molar-refractivity contribution is -0.274. The third-order valence-corrected chi connectivity index (χ3v) is 4.74. The number of halogens is 3. The minimum Gasteiger partial charge on any atom is -0.406 e. The summed E-state index contributed by atoms with van der Waals surface area (Å²) in [6.45, 7) is 0.603. The maximum absolute atomic E-state index is 13.1. The number of ether oxygens (including phenoxy) is 1. The highest BCUT2D eigenvalue weighted by Gasteiger charge is 2.31. The molecule has 0 saturated carbocycles. The van der Waals surface area contributed by atoms with Gasteiger partial charge in [-0.25, -0.2) is 4.79 Å². The van der Waals surface area contributed by atoms with Gasteiger partial charge in [0.15, 0.2) is 0 Å². The van der Waals surface area contributed by atoms with E-state index in [4.69, 9.17) is 5.73 Å². The maximum atomic E-state index is 13.1. The Morgan fingerprint density at radius 1 is 0.767 bits per heavy atom. The topological polar surface area (TPSA) is 62.2 Å². The highest BCUT2D eigenvalue weighted by molar-refractivity contribution is 5.76. The highest BCUT2D eigenvalue weighted by Crippen LogP contribution is 2.23. The average Bonchev–Trinajstić information content (AvgIpc) is 2.96. The zero-order chi connectivity index (χ0) is 21.3. The number of nitrogen functional groups attached to an aromatic ring is 1. The van der Waals surface area contributed by atoms with Gasteiger partial charge in [-0.05, 0) is 47.5 Å². The van der Waals surface area contributed by atoms with E-state index in [0.29, 0.717) is 17.8 Å². The molecule has 0 aliphatic carbocycles. The Labute approximate surface area is 169 Å². The molecule has 5 nitrogen and oxygen atoms in total. The van der Waals surface area contributed by atoms with Crippen molar-refractivity contribution in [2.24, 2.45) is 0 Å². The highest BCUT2D eigenvalue weighted by atomic mass is 19.4. The summed E-state index contributed by atoms with van der Waals surface area (Å²) in [7, 11) is 0. The van der Waals surface area contributed by atoms with E-state index in [9.17, 15) is 18.0 Å². The lowest BCUT2D eigenvalue weighted by Gasteiger charge is -2.09. The molecule has 0 aliphatic heterocycles. The van der Waals surface area contributed by atoms with Gasteiger partial charge in [0, 0.05) is 5.69 Å². The molecular formula is C22H18F3N3O2. The van der Waals surface area contributed by atoms with E-state index in [-0.39, 0.29) is 18.0 Å². The molecule has 0 atom stereocenters. The number of aromatic nitrogens is 2. The zero-order valence-electron chi connectivity index (χ0n) is 15.8. The zero-order valence-corrected chi connectivity index (χ0v) is 15.8. The van der Waals surface area contributed by atoms with E-state index in [1.807, 2.05) is 36.4 Å². The Balaban J connectivity index is 1.67. The Morgan fingerprint density at radius 2 is 1.23 bits per heavy atom. The molecule has 0 fully saturated rings. The minimum atomic E-state index is -4.74. The van der Waals surface area contributed by atoms with Crippen LogP contribution >= 0.6 is 0 Å². The summed E-state index contributed by atoms with van der Waals surface area (Å²) < 4.78 is 44.2. The molecule has 0 aliphatic rings. The third-order valence-electron chi connectivity index (χ3n) is 4.74. The smallest absolute Gasteiger partial charge is 0.406 e. The predicted octanol–water partition coefficient (Wildman–Crippen LogP) is 4.38. The molecule has 0 radical (unpaired) electrons. The van der Waals surface area contributed by atoms with Gasteiger partial charge >= 0.3 is 12.1 Å². The van der Waals surface area contributed by atoms with Crippen LogP contribution in [-0.2, 0) is 13.1 Å². The summed E-state index contributed by atoms with van der Waals surface area (Å²) in [5.74, 6) is -0.302. The normalized spacial score (nSPS) is 11.7. The van der Waals surface area contributed by atoms with Crippen LogP contribution in [0.2, 0.25) is 0 Å². The van der Waals surface area contributed by atoms with Crippen LogP contribution in [0.5, 0.6) is 5.75 Å². The SMILES string of the molecule is Nc1ccc(Cn2c(=O)n(Cc3ccc(OC(F)(F)F)cc3)c3ccccc32)cc1. The first-order valence-corrected chi connectivity index (χ1v) is 9.17. The molecule has 0 saturated heterocycles. The van der Waals surface area contributed by atoms with Crippen molar-refractivity contribution in [1.82, 2.24) is 9.13 Å². The lowest BCUT2D eigenvalue weighted by Crippen LogP contribution is -2.25. The number of fused-ring (bicyclic) bond motifs is 1. The van der Waals surface area contributed by atoms with Crippen molar-refractivity contribution in [2.45, 2.75) is 19.5 Å². The van der Waals surface area contributed by atoms with Crippen molar-refractivity contribution in [3.8, 4) is 5.75 Å². The lowest BCUT2D eigenvalue weighted by atomic mass is 10.2. The van der Waals surface area contributed by atoms with Crippen LogP contribution < -0.4 is 16.2 Å². The molecule has 4 rings (SSSR count). The molecule has 8 heteroatoms. The number of anilines is 1. The standard InChI is InChI=1S/C22H18F3N3O2/c23-22(24,25)30-18-11-7-16(8-12-18)14-28-20-4-2-1-3-19(20)27(21(28)29)13-15-5-9-17(26)10-6-15/h1-12H,13-14,26H2. The molecular weight excluding hydrogens is 395 g/mol. The number of hydrogen-bond acceptors (Lipinski definition) is 3. The fourth-order valence-corrected chi connectivity index (χ4v) is 3.36. The second-order valence-corrected chi connectivity index (χ2v) is 6.88. The Hall–Kier alpha value is -3.68. The van der Waals surface area contributed by atoms with Crippen molar-refractivity contribution >= 4 is 16.7 Å². The van der Waals surface area contributed by atoms with Gasteiger partial charge in [-0.1, -0.05) is 36.4 Å². The monoisotopic (exact) mass is 413 g/mol. The van der Waals surface area contributed by atoms with E-state index in [2.05, 4.69) is 4.74 Å². The number of hydrogen-bond donors (Lipinski definition) is 1. The Bertz CT molecular complexity index is 1220. The quantitative estimate of drug-likeness (QED) is 0.494. The van der Waals surface area contributed by atoms with Crippen LogP contribution in [0.4, 0.5) is 18.9 Å². The van der Waals surface area contributed by atoms with Crippen LogP contribution in [0.1, 0.15) is 11.1 Å². The Kier molecular flexibility index (Phi) is 4.99. The van der Waals surface area contributed by atoms with E-state index in [0.717, 1.165) is 16.6 Å². The van der Waals surface area contributed by atoms with Gasteiger partial charge in [0.25, 0.3) is 0 Å². The maximum Gasteiger partial charge on any atom is 0.573 e. The second-order valence-electron chi connectivity index (χ2n) is 6.88. The number of para-hydroxylation sites is 2. The van der Waals surface area contributed by atoms with Gasteiger partial charge in [-0.15, -0.1) is 13.2 Å². The van der Waals surface area contributed by atoms with E-state index < -0.39 is 6.36 Å². The molecule has 0 spiro atoms. The molecule has 0 bridgehead atoms. The van der Waals surface area contributed by atoms with Crippen molar-refractivity contribution < 1.29 is 17.9 Å². The summed E-state index contributed by atoms with van der Waals surface area (Å²) in [6, 6.07) is 20.2. The summed E-state index contributed by atoms with van der Waals surface area (Å²) >= 11 is 0. The first-order chi connectivity index (χ1) is 14.3. The predicted molar refractivity (Wildman–Crippen MR) is 108 cm³/mol. The molecule has 1 aromatic heterocycles. The first kappa shape index (κ1) is 19.6. The van der Waals surface area contributed by atoms with Crippen LogP contribution in [-0.4, -0.2) is 15.5 Å². The third kappa shape index (κ3) is 4.17. The van der Waals surface area contributed by atoms with Gasteiger partial charge < -0.3 is 10.5 Å². The molecule has 0 unspecified atom stereocenters. The Morgan fingerprint density at radius 3 is 1.70 bits per heavy atom. The second kappa shape index (κ2) is 7.62. The number of benzene rings is 3. The number of imidazole rings is 1. The number of nitrogens with zero attached hydrogens (tertiary/aromatic N) is 2. The van der Waals surface area contributed by atoms with Crippen LogP contribution in [0.25, 0.3) is 11.0 Å². The van der Waals surface area contributed by atoms with Crippen LogP contribution in [0.3, 0.4) is 0 Å². The minimum absolute atomic E-state index is 0.205. The van der Waals surface area contributed by atoms with Crippen LogP contribution in [0.15, 0.2) is 77.6 Å². The van der Waals surface area contributed by atoms with Crippen molar-refractivity contribution in [3.05, 3.63) is 94.4 Å². The van der Waals surface area contributed by atoms with E-state index >= 15 is 0 Å².